The lowest BCUT2D eigenvalue weighted by molar-refractivity contribution is -0.180. The average Bonchev–Trinajstić information content (AvgIpc) is 3.45. The molecule has 0 saturated carbocycles. The van der Waals surface area contributed by atoms with Crippen LogP contribution in [0, 0.1) is 6.92 Å². The van der Waals surface area contributed by atoms with Crippen molar-refractivity contribution in [1.29, 1.82) is 0 Å². The normalized spacial score (nSPS) is 15.2. The van der Waals surface area contributed by atoms with Crippen LogP contribution in [0.1, 0.15) is 41.6 Å². The zero-order valence-corrected chi connectivity index (χ0v) is 23.2. The standard InChI is InChI=1S/C30H35F3N4O4/c1-21-6-3-4-7-25(21)29(41-15-5-14-30(31,32)33)18-37(19-29)28(39)26(16-22-8-11-24(40-2)12-9-22)36-27(38)13-10-23-17-34-20-35-23/h3-4,6-9,11-12,17,20,26H,5,10,13-16,18-19H2,1-2H3,(H,34,35)(H,36,38)/t26-/m1/s1. The van der Waals surface area contributed by atoms with E-state index in [1.165, 1.54) is 0 Å². The molecule has 0 bridgehead atoms. The van der Waals surface area contributed by atoms with Gasteiger partial charge in [0, 0.05) is 32.1 Å². The predicted octanol–water partition coefficient (Wildman–Crippen LogP) is 4.48. The van der Waals surface area contributed by atoms with E-state index in [4.69, 9.17) is 9.47 Å². The summed E-state index contributed by atoms with van der Waals surface area (Å²) in [6.07, 6.45) is -1.27. The van der Waals surface area contributed by atoms with Crippen molar-refractivity contribution in [2.75, 3.05) is 26.8 Å². The summed E-state index contributed by atoms with van der Waals surface area (Å²) in [6, 6.07) is 13.9. The van der Waals surface area contributed by atoms with Crippen LogP contribution in [0.15, 0.2) is 61.1 Å². The van der Waals surface area contributed by atoms with Crippen molar-refractivity contribution < 1.29 is 32.2 Å². The first-order chi connectivity index (χ1) is 19.6. The summed E-state index contributed by atoms with van der Waals surface area (Å²) in [5, 5.41) is 2.89. The fraction of sp³-hybridized carbons (Fsp3) is 0.433. The number of aryl methyl sites for hydroxylation is 2. The second-order valence-corrected chi connectivity index (χ2v) is 10.3. The number of nitrogens with zero attached hydrogens (tertiary/aromatic N) is 2. The van der Waals surface area contributed by atoms with Gasteiger partial charge in [0.1, 0.15) is 17.4 Å². The van der Waals surface area contributed by atoms with Crippen molar-refractivity contribution in [3.8, 4) is 5.75 Å². The Hall–Kier alpha value is -3.86. The maximum absolute atomic E-state index is 13.8. The van der Waals surface area contributed by atoms with Crippen LogP contribution in [0.3, 0.4) is 0 Å². The Morgan fingerprint density at radius 1 is 1.15 bits per heavy atom. The van der Waals surface area contributed by atoms with Gasteiger partial charge in [0.2, 0.25) is 11.8 Å². The number of hydrogen-bond donors (Lipinski definition) is 2. The largest absolute Gasteiger partial charge is 0.497 e. The van der Waals surface area contributed by atoms with Crippen molar-refractivity contribution in [1.82, 2.24) is 20.2 Å². The lowest BCUT2D eigenvalue weighted by atomic mass is 9.82. The Kier molecular flexibility index (Phi) is 9.69. The molecule has 2 amide bonds. The van der Waals surface area contributed by atoms with Crippen molar-refractivity contribution >= 4 is 11.8 Å². The van der Waals surface area contributed by atoms with E-state index in [2.05, 4.69) is 15.3 Å². The quantitative estimate of drug-likeness (QED) is 0.295. The summed E-state index contributed by atoms with van der Waals surface area (Å²) in [6.45, 7) is 2.16. The highest BCUT2D eigenvalue weighted by Crippen LogP contribution is 2.38. The highest BCUT2D eigenvalue weighted by molar-refractivity contribution is 5.88. The van der Waals surface area contributed by atoms with E-state index in [0.29, 0.717) is 12.2 Å². The van der Waals surface area contributed by atoms with Crippen molar-refractivity contribution in [2.45, 2.75) is 56.8 Å². The second kappa shape index (κ2) is 13.2. The third-order valence-electron chi connectivity index (χ3n) is 7.22. The highest BCUT2D eigenvalue weighted by atomic mass is 19.4. The molecule has 8 nitrogen and oxygen atoms in total. The number of aromatic nitrogens is 2. The SMILES string of the molecule is COc1ccc(C[C@@H](NC(=O)CCc2c[nH]cn2)C(=O)N2CC(OCCCC(F)(F)F)(c3ccccc3C)C2)cc1. The number of aromatic amines is 1. The van der Waals surface area contributed by atoms with Gasteiger partial charge in [-0.1, -0.05) is 36.4 Å². The monoisotopic (exact) mass is 572 g/mol. The predicted molar refractivity (Wildman–Crippen MR) is 146 cm³/mol. The van der Waals surface area contributed by atoms with Gasteiger partial charge in [-0.15, -0.1) is 0 Å². The molecule has 0 unspecified atom stereocenters. The van der Waals surface area contributed by atoms with E-state index in [1.54, 1.807) is 36.7 Å². The van der Waals surface area contributed by atoms with E-state index in [0.717, 1.165) is 22.4 Å². The Bertz CT molecular complexity index is 1290. The molecule has 41 heavy (non-hydrogen) atoms. The minimum atomic E-state index is -4.26. The van der Waals surface area contributed by atoms with E-state index < -0.39 is 24.2 Å². The van der Waals surface area contributed by atoms with E-state index in [-0.39, 0.29) is 50.8 Å². The molecule has 0 spiro atoms. The Labute approximate surface area is 237 Å². The number of amides is 2. The first kappa shape index (κ1) is 30.1. The van der Waals surface area contributed by atoms with Crippen LogP contribution in [0.2, 0.25) is 0 Å². The summed E-state index contributed by atoms with van der Waals surface area (Å²) in [4.78, 5) is 35.2. The maximum Gasteiger partial charge on any atom is 0.389 e. The molecule has 2 aromatic carbocycles. The molecule has 2 N–H and O–H groups in total. The zero-order chi connectivity index (χ0) is 29.5. The number of hydrogen-bond acceptors (Lipinski definition) is 5. The lowest BCUT2D eigenvalue weighted by Crippen LogP contribution is -2.66. The average molecular weight is 573 g/mol. The van der Waals surface area contributed by atoms with Gasteiger partial charge < -0.3 is 24.7 Å². The smallest absolute Gasteiger partial charge is 0.389 e. The summed E-state index contributed by atoms with van der Waals surface area (Å²) in [5.41, 5.74) is 2.43. The molecule has 220 valence electrons. The van der Waals surface area contributed by atoms with Gasteiger partial charge in [-0.3, -0.25) is 9.59 Å². The Morgan fingerprint density at radius 2 is 1.88 bits per heavy atom. The molecule has 1 saturated heterocycles. The van der Waals surface area contributed by atoms with Crippen LogP contribution in [0.25, 0.3) is 0 Å². The summed E-state index contributed by atoms with van der Waals surface area (Å²) in [7, 11) is 1.57. The van der Waals surface area contributed by atoms with Gasteiger partial charge >= 0.3 is 6.18 Å². The Balaban J connectivity index is 1.47. The fourth-order valence-electron chi connectivity index (χ4n) is 5.04. The second-order valence-electron chi connectivity index (χ2n) is 10.3. The number of halogens is 3. The minimum Gasteiger partial charge on any atom is -0.497 e. The molecule has 1 aliphatic rings. The number of H-pyrrole nitrogens is 1. The number of imidazole rings is 1. The molecule has 1 aliphatic heterocycles. The number of rotatable bonds is 13. The van der Waals surface area contributed by atoms with Crippen LogP contribution >= 0.6 is 0 Å². The molecule has 11 heteroatoms. The molecular formula is C30H35F3N4O4. The van der Waals surface area contributed by atoms with E-state index in [1.807, 2.05) is 43.3 Å². The van der Waals surface area contributed by atoms with Gasteiger partial charge in [0.05, 0.1) is 32.2 Å². The number of carbonyl (C=O) groups is 2. The van der Waals surface area contributed by atoms with Gasteiger partial charge in [-0.25, -0.2) is 4.98 Å². The van der Waals surface area contributed by atoms with E-state index in [9.17, 15) is 22.8 Å². The molecule has 1 aromatic heterocycles. The first-order valence-corrected chi connectivity index (χ1v) is 13.5. The zero-order valence-electron chi connectivity index (χ0n) is 23.2. The summed E-state index contributed by atoms with van der Waals surface area (Å²) < 4.78 is 49.5. The third-order valence-corrected chi connectivity index (χ3v) is 7.22. The molecule has 0 aliphatic carbocycles. The van der Waals surface area contributed by atoms with Crippen molar-refractivity contribution in [2.24, 2.45) is 0 Å². The third kappa shape index (κ3) is 8.09. The molecule has 4 rings (SSSR count). The fourth-order valence-corrected chi connectivity index (χ4v) is 5.04. The van der Waals surface area contributed by atoms with Crippen molar-refractivity contribution in [3.05, 3.63) is 83.4 Å². The van der Waals surface area contributed by atoms with Crippen LogP contribution in [-0.4, -0.2) is 65.7 Å². The van der Waals surface area contributed by atoms with Crippen LogP contribution < -0.4 is 10.1 Å². The molecule has 0 radical (unpaired) electrons. The van der Waals surface area contributed by atoms with Crippen LogP contribution in [0.5, 0.6) is 5.75 Å². The lowest BCUT2D eigenvalue weighted by Gasteiger charge is -2.51. The summed E-state index contributed by atoms with van der Waals surface area (Å²) >= 11 is 0. The number of alkyl halides is 3. The number of ether oxygens (including phenoxy) is 2. The maximum atomic E-state index is 13.8. The molecule has 1 atom stereocenters. The van der Waals surface area contributed by atoms with Crippen molar-refractivity contribution in [3.63, 3.8) is 0 Å². The molecule has 2 heterocycles. The Morgan fingerprint density at radius 3 is 2.51 bits per heavy atom. The molecular weight excluding hydrogens is 537 g/mol. The summed E-state index contributed by atoms with van der Waals surface area (Å²) in [5.74, 6) is 0.110. The number of methoxy groups -OCH3 is 1. The highest BCUT2D eigenvalue weighted by Gasteiger charge is 2.49. The number of nitrogens with one attached hydrogen (secondary N) is 2. The van der Waals surface area contributed by atoms with Gasteiger partial charge in [0.25, 0.3) is 0 Å². The van der Waals surface area contributed by atoms with E-state index >= 15 is 0 Å². The van der Waals surface area contributed by atoms with Crippen LogP contribution in [-0.2, 0) is 32.8 Å². The minimum absolute atomic E-state index is 0.0882. The van der Waals surface area contributed by atoms with Gasteiger partial charge in [-0.05, 0) is 48.6 Å². The number of likely N-dealkylation sites (tertiary alicyclic amines) is 1. The molecule has 1 fully saturated rings. The number of carbonyl (C=O) groups excluding carboxylic acids is 2. The molecule has 3 aromatic rings. The number of benzene rings is 2. The topological polar surface area (TPSA) is 96.5 Å². The van der Waals surface area contributed by atoms with Crippen LogP contribution in [0.4, 0.5) is 13.2 Å². The first-order valence-electron chi connectivity index (χ1n) is 13.5. The van der Waals surface area contributed by atoms with Gasteiger partial charge in [-0.2, -0.15) is 13.2 Å². The van der Waals surface area contributed by atoms with Gasteiger partial charge in [0.15, 0.2) is 0 Å².